The Labute approximate surface area is 201 Å². The van der Waals surface area contributed by atoms with E-state index in [1.54, 1.807) is 0 Å². The Balaban J connectivity index is 1.84. The molecule has 0 atom stereocenters. The van der Waals surface area contributed by atoms with E-state index < -0.39 is 56.6 Å². The lowest BCUT2D eigenvalue weighted by Crippen LogP contribution is -2.11. The Hall–Kier alpha value is -3.43. The predicted octanol–water partition coefficient (Wildman–Crippen LogP) is 6.36. The van der Waals surface area contributed by atoms with E-state index in [1.165, 1.54) is 24.4 Å². The lowest BCUT2D eigenvalue weighted by molar-refractivity contribution is -0.141. The largest absolute Gasteiger partial charge is 0.433 e. The maximum Gasteiger partial charge on any atom is 0.433 e. The van der Waals surface area contributed by atoms with Crippen LogP contribution in [0.2, 0.25) is 0 Å². The zero-order valence-electron chi connectivity index (χ0n) is 17.3. The topological polar surface area (TPSA) is 93.0 Å². The van der Waals surface area contributed by atoms with Crippen LogP contribution in [0.25, 0.3) is 33.2 Å². The van der Waals surface area contributed by atoms with Gasteiger partial charge in [0.1, 0.15) is 15.7 Å². The van der Waals surface area contributed by atoms with Crippen molar-refractivity contribution in [2.24, 2.45) is 0 Å². The predicted molar refractivity (Wildman–Crippen MR) is 114 cm³/mol. The Bertz CT molecular complexity index is 1570. The number of hydrogen-bond acceptors (Lipinski definition) is 6. The first-order chi connectivity index (χ1) is 16.6. The molecular formula is C21H10F7N3O3S2. The number of hydrogen-bond donors (Lipinski definition) is 1. The van der Waals surface area contributed by atoms with Gasteiger partial charge in [-0.3, -0.25) is 9.54 Å². The highest BCUT2D eigenvalue weighted by Crippen LogP contribution is 2.36. The highest BCUT2D eigenvalue weighted by Gasteiger charge is 2.35. The highest BCUT2D eigenvalue weighted by atomic mass is 32.3. The van der Waals surface area contributed by atoms with Gasteiger partial charge in [0, 0.05) is 17.3 Å². The van der Waals surface area contributed by atoms with Crippen molar-refractivity contribution in [1.82, 2.24) is 15.0 Å². The maximum atomic E-state index is 14.5. The van der Waals surface area contributed by atoms with E-state index in [0.717, 1.165) is 6.07 Å². The Kier molecular flexibility index (Phi) is 6.34. The van der Waals surface area contributed by atoms with E-state index in [-0.39, 0.29) is 26.4 Å². The summed E-state index contributed by atoms with van der Waals surface area (Å²) in [6, 6.07) is 6.65. The van der Waals surface area contributed by atoms with Crippen LogP contribution in [0.4, 0.5) is 30.7 Å². The minimum absolute atomic E-state index is 0.0264. The summed E-state index contributed by atoms with van der Waals surface area (Å²) >= 11 is 0.647. The van der Waals surface area contributed by atoms with Gasteiger partial charge in [-0.15, -0.1) is 11.3 Å². The molecule has 3 aromatic heterocycles. The second-order valence-corrected chi connectivity index (χ2v) is 9.91. The first-order valence-electron chi connectivity index (χ1n) is 9.50. The maximum absolute atomic E-state index is 14.5. The second-order valence-electron chi connectivity index (χ2n) is 7.18. The molecule has 188 valence electrons. The molecule has 0 saturated carbocycles. The molecule has 0 unspecified atom stereocenters. The molecule has 4 rings (SSSR count). The third-order valence-corrected chi connectivity index (χ3v) is 7.12. The zero-order valence-corrected chi connectivity index (χ0v) is 18.9. The van der Waals surface area contributed by atoms with Crippen LogP contribution in [0.15, 0.2) is 58.9 Å². The van der Waals surface area contributed by atoms with Gasteiger partial charge in [-0.05, 0) is 48.5 Å². The molecule has 0 radical (unpaired) electrons. The number of aromatic nitrogens is 3. The fourth-order valence-electron chi connectivity index (χ4n) is 3.06. The molecule has 0 bridgehead atoms. The van der Waals surface area contributed by atoms with Crippen LogP contribution in [0, 0.1) is 5.82 Å². The van der Waals surface area contributed by atoms with Gasteiger partial charge >= 0.3 is 22.5 Å². The molecule has 15 heteroatoms. The fraction of sp³-hybridized carbons (Fsp3) is 0.0952. The average Bonchev–Trinajstić information content (AvgIpc) is 3.29. The molecule has 0 fully saturated rings. The first-order valence-corrected chi connectivity index (χ1v) is 11.8. The molecule has 1 N–H and O–H groups in total. The highest BCUT2D eigenvalue weighted by molar-refractivity contribution is 7.88. The number of thiophene rings is 1. The van der Waals surface area contributed by atoms with Crippen LogP contribution >= 0.6 is 11.3 Å². The molecule has 0 saturated heterocycles. The number of benzene rings is 1. The van der Waals surface area contributed by atoms with Crippen molar-refractivity contribution in [2.75, 3.05) is 0 Å². The molecule has 0 aliphatic heterocycles. The van der Waals surface area contributed by atoms with Crippen molar-refractivity contribution in [3.8, 4) is 33.2 Å². The summed E-state index contributed by atoms with van der Waals surface area (Å²) in [6.07, 6.45) is -8.68. The van der Waals surface area contributed by atoms with Crippen molar-refractivity contribution in [3.05, 3.63) is 71.8 Å². The van der Waals surface area contributed by atoms with E-state index >= 15 is 0 Å². The molecule has 0 aliphatic rings. The van der Waals surface area contributed by atoms with Gasteiger partial charge in [-0.2, -0.15) is 34.8 Å². The van der Waals surface area contributed by atoms with Gasteiger partial charge in [0.05, 0.1) is 21.8 Å². The van der Waals surface area contributed by atoms with E-state index in [4.69, 9.17) is 4.55 Å². The van der Waals surface area contributed by atoms with E-state index in [0.29, 0.717) is 29.5 Å². The molecule has 6 nitrogen and oxygen atoms in total. The third-order valence-electron chi connectivity index (χ3n) is 4.70. The number of halogens is 7. The van der Waals surface area contributed by atoms with E-state index in [2.05, 4.69) is 15.0 Å². The van der Waals surface area contributed by atoms with Crippen molar-refractivity contribution in [2.45, 2.75) is 16.6 Å². The number of rotatable bonds is 4. The summed E-state index contributed by atoms with van der Waals surface area (Å²) in [5, 5.41) is 0. The van der Waals surface area contributed by atoms with Gasteiger partial charge in [0.25, 0.3) is 0 Å². The molecule has 36 heavy (non-hydrogen) atoms. The second kappa shape index (κ2) is 8.90. The summed E-state index contributed by atoms with van der Waals surface area (Å²) in [7, 11) is -4.49. The van der Waals surface area contributed by atoms with Crippen LogP contribution in [0.3, 0.4) is 0 Å². The van der Waals surface area contributed by atoms with Crippen molar-refractivity contribution < 1.29 is 43.7 Å². The average molecular weight is 549 g/mol. The molecule has 0 aliphatic carbocycles. The van der Waals surface area contributed by atoms with Gasteiger partial charge in [-0.25, -0.2) is 14.4 Å². The van der Waals surface area contributed by atoms with Crippen LogP contribution < -0.4 is 0 Å². The smallest absolute Gasteiger partial charge is 0.281 e. The van der Waals surface area contributed by atoms with Gasteiger partial charge in [0.2, 0.25) is 0 Å². The monoisotopic (exact) mass is 549 g/mol. The SMILES string of the molecule is O=S(=O)(O)c1ccc(-c2cc(-c3nc(-c4ccc(C(F)(F)F)cc4F)cc(C(F)(F)F)n3)ccn2)s1. The van der Waals surface area contributed by atoms with Gasteiger partial charge < -0.3 is 0 Å². The van der Waals surface area contributed by atoms with Crippen molar-refractivity contribution >= 4 is 21.5 Å². The molecule has 1 aromatic carbocycles. The minimum Gasteiger partial charge on any atom is -0.281 e. The number of pyridine rings is 1. The van der Waals surface area contributed by atoms with Crippen LogP contribution in [-0.4, -0.2) is 27.9 Å². The van der Waals surface area contributed by atoms with Crippen LogP contribution in [0.5, 0.6) is 0 Å². The lowest BCUT2D eigenvalue weighted by Gasteiger charge is -2.13. The molecule has 3 heterocycles. The first kappa shape index (κ1) is 25.7. The lowest BCUT2D eigenvalue weighted by atomic mass is 10.1. The van der Waals surface area contributed by atoms with Gasteiger partial charge in [0.15, 0.2) is 5.82 Å². The summed E-state index contributed by atoms with van der Waals surface area (Å²) in [6.45, 7) is 0. The Morgan fingerprint density at radius 1 is 0.833 bits per heavy atom. The quantitative estimate of drug-likeness (QED) is 0.235. The summed E-state index contributed by atoms with van der Waals surface area (Å²) in [5.41, 5.74) is -3.93. The van der Waals surface area contributed by atoms with Crippen LogP contribution in [-0.2, 0) is 22.5 Å². The number of alkyl halides is 6. The van der Waals surface area contributed by atoms with E-state index in [9.17, 15) is 39.2 Å². The number of nitrogens with zero attached hydrogens (tertiary/aromatic N) is 3. The Morgan fingerprint density at radius 2 is 1.56 bits per heavy atom. The van der Waals surface area contributed by atoms with Crippen molar-refractivity contribution in [1.29, 1.82) is 0 Å². The molecular weight excluding hydrogens is 539 g/mol. The minimum atomic E-state index is -5.00. The van der Waals surface area contributed by atoms with Gasteiger partial charge in [-0.1, -0.05) is 0 Å². The fourth-order valence-corrected chi connectivity index (χ4v) is 4.70. The molecule has 0 spiro atoms. The third kappa shape index (κ3) is 5.37. The normalized spacial score (nSPS) is 12.7. The van der Waals surface area contributed by atoms with Crippen LogP contribution in [0.1, 0.15) is 11.3 Å². The summed E-state index contributed by atoms with van der Waals surface area (Å²) in [5.74, 6) is -1.97. The summed E-state index contributed by atoms with van der Waals surface area (Å²) in [4.78, 5) is 11.7. The standard InChI is InChI=1S/C21H10F7N3O3S2/c22-13-8-11(20(23,24)25)1-2-12(13)14-9-17(21(26,27)28)31-19(30-14)10-5-6-29-15(7-10)16-3-4-18(35-16)36(32,33)34/h1-9H,(H,32,33,34). The van der Waals surface area contributed by atoms with Crippen molar-refractivity contribution in [3.63, 3.8) is 0 Å². The Morgan fingerprint density at radius 3 is 2.14 bits per heavy atom. The zero-order chi connectivity index (χ0) is 26.5. The molecule has 4 aromatic rings. The summed E-state index contributed by atoms with van der Waals surface area (Å²) < 4.78 is 125. The van der Waals surface area contributed by atoms with E-state index in [1.807, 2.05) is 0 Å². The molecule has 0 amide bonds.